The van der Waals surface area contributed by atoms with Crippen molar-refractivity contribution < 1.29 is 14.6 Å². The second-order valence-corrected chi connectivity index (χ2v) is 8.84. The molecular weight excluding hydrogens is 458 g/mol. The largest absolute Gasteiger partial charge is 0.478 e. The monoisotopic (exact) mass is 481 g/mol. The van der Waals surface area contributed by atoms with Crippen molar-refractivity contribution in [3.63, 3.8) is 0 Å². The zero-order valence-corrected chi connectivity index (χ0v) is 19.9. The summed E-state index contributed by atoms with van der Waals surface area (Å²) in [6, 6.07) is 39.2. The van der Waals surface area contributed by atoms with Crippen molar-refractivity contribution in [1.29, 1.82) is 0 Å². The summed E-state index contributed by atoms with van der Waals surface area (Å²) in [6.07, 6.45) is 2.09. The summed E-state index contributed by atoms with van der Waals surface area (Å²) < 4.78 is 6.46. The molecule has 1 aliphatic rings. The molecule has 2 N–H and O–H groups in total. The van der Waals surface area contributed by atoms with Gasteiger partial charge in [-0.2, -0.15) is 0 Å². The topological polar surface area (TPSA) is 58.6 Å². The maximum absolute atomic E-state index is 12.1. The Morgan fingerprint density at radius 1 is 0.676 bits per heavy atom. The van der Waals surface area contributed by atoms with Crippen LogP contribution in [0, 0.1) is 0 Å². The maximum atomic E-state index is 12.1. The first-order chi connectivity index (χ1) is 18.2. The summed E-state index contributed by atoms with van der Waals surface area (Å²) >= 11 is 0. The first-order valence-electron chi connectivity index (χ1n) is 12.0. The third-order valence-electron chi connectivity index (χ3n) is 6.37. The second kappa shape index (κ2) is 9.51. The van der Waals surface area contributed by atoms with Gasteiger partial charge >= 0.3 is 5.97 Å². The standard InChI is InChI=1S/C33H23NO3/c35-33(36)27-14-8-7-13-26(27)32-28-17-15-23(19-22-9-3-1-4-10-22)20-30(28)37-31-21-25(16-18-29(31)32)34-24-11-5-2-6-12-24/h1-21,34H,(H,35,36)/b23-19+. The molecule has 0 saturated carbocycles. The number of para-hydroxylation sites is 1. The summed E-state index contributed by atoms with van der Waals surface area (Å²) in [7, 11) is 0. The summed E-state index contributed by atoms with van der Waals surface area (Å²) in [4.78, 5) is 12.1. The van der Waals surface area contributed by atoms with Crippen LogP contribution in [0.3, 0.4) is 0 Å². The van der Waals surface area contributed by atoms with Gasteiger partial charge in [-0.3, -0.25) is 0 Å². The number of carbonyl (C=O) groups is 1. The fourth-order valence-corrected chi connectivity index (χ4v) is 4.68. The summed E-state index contributed by atoms with van der Waals surface area (Å²) in [5.41, 5.74) is 5.54. The molecule has 0 unspecified atom stereocenters. The lowest BCUT2D eigenvalue weighted by molar-refractivity contribution is 0.0696. The Labute approximate surface area is 214 Å². The highest BCUT2D eigenvalue weighted by Gasteiger charge is 2.23. The summed E-state index contributed by atoms with van der Waals surface area (Å²) in [6.45, 7) is 0. The Balaban J connectivity index is 1.55. The number of hydrogen-bond donors (Lipinski definition) is 2. The summed E-state index contributed by atoms with van der Waals surface area (Å²) in [5.74, 6) is 0.388. The first-order valence-corrected chi connectivity index (χ1v) is 12.0. The number of carboxylic acid groups (broad SMARTS) is 1. The number of benzene rings is 5. The van der Waals surface area contributed by atoms with Gasteiger partial charge in [0.05, 0.1) is 5.56 Å². The Hall–Kier alpha value is -5.09. The van der Waals surface area contributed by atoms with Crippen molar-refractivity contribution in [3.05, 3.63) is 154 Å². The van der Waals surface area contributed by atoms with Gasteiger partial charge in [-0.1, -0.05) is 72.8 Å². The third-order valence-corrected chi connectivity index (χ3v) is 6.37. The van der Waals surface area contributed by atoms with E-state index in [0.29, 0.717) is 17.1 Å². The van der Waals surface area contributed by atoms with Gasteiger partial charge in [-0.25, -0.2) is 4.79 Å². The van der Waals surface area contributed by atoms with Crippen molar-refractivity contribution in [2.45, 2.75) is 0 Å². The lowest BCUT2D eigenvalue weighted by Crippen LogP contribution is -2.21. The van der Waals surface area contributed by atoms with Crippen LogP contribution < -0.4 is 20.5 Å². The molecule has 37 heavy (non-hydrogen) atoms. The number of carboxylic acids is 1. The van der Waals surface area contributed by atoms with E-state index in [1.54, 1.807) is 12.1 Å². The van der Waals surface area contributed by atoms with Gasteiger partial charge in [0.2, 0.25) is 0 Å². The van der Waals surface area contributed by atoms with E-state index in [4.69, 9.17) is 4.74 Å². The highest BCUT2D eigenvalue weighted by atomic mass is 16.5. The lowest BCUT2D eigenvalue weighted by atomic mass is 9.89. The quantitative estimate of drug-likeness (QED) is 0.303. The van der Waals surface area contributed by atoms with E-state index in [1.165, 1.54) is 0 Å². The van der Waals surface area contributed by atoms with Crippen LogP contribution in [0.1, 0.15) is 27.0 Å². The molecule has 0 aromatic heterocycles. The number of hydrogen-bond acceptors (Lipinski definition) is 3. The molecule has 0 atom stereocenters. The average molecular weight is 482 g/mol. The molecule has 0 fully saturated rings. The van der Waals surface area contributed by atoms with E-state index in [2.05, 4.69) is 23.5 Å². The van der Waals surface area contributed by atoms with Crippen LogP contribution in [0.15, 0.2) is 121 Å². The van der Waals surface area contributed by atoms with Gasteiger partial charge in [-0.05, 0) is 64.9 Å². The number of nitrogens with one attached hydrogen (secondary N) is 1. The number of fused-ring (bicyclic) bond motifs is 2. The number of anilines is 2. The number of ether oxygens (including phenoxy) is 1. The van der Waals surface area contributed by atoms with Gasteiger partial charge < -0.3 is 15.2 Å². The SMILES string of the molecule is O=C(O)c1ccccc1C1=c2cc/c(=C\c3ccccc3)cc2Oc2cc(Nc3ccccc3)ccc21. The minimum Gasteiger partial charge on any atom is -0.478 e. The molecule has 0 aliphatic carbocycles. The molecule has 0 bridgehead atoms. The minimum atomic E-state index is -0.964. The van der Waals surface area contributed by atoms with Crippen LogP contribution in [-0.2, 0) is 0 Å². The Kier molecular flexibility index (Phi) is 5.75. The van der Waals surface area contributed by atoms with Crippen LogP contribution in [0.25, 0.3) is 11.6 Å². The van der Waals surface area contributed by atoms with Crippen LogP contribution in [-0.4, -0.2) is 11.1 Å². The molecule has 0 saturated heterocycles. The van der Waals surface area contributed by atoms with Gasteiger partial charge in [0.15, 0.2) is 0 Å². The molecule has 0 radical (unpaired) electrons. The van der Waals surface area contributed by atoms with E-state index >= 15 is 0 Å². The molecule has 1 aliphatic heterocycles. The van der Waals surface area contributed by atoms with Gasteiger partial charge in [0, 0.05) is 33.8 Å². The Bertz CT molecular complexity index is 1740. The zero-order valence-electron chi connectivity index (χ0n) is 19.9. The number of rotatable bonds is 5. The predicted molar refractivity (Wildman–Crippen MR) is 147 cm³/mol. The van der Waals surface area contributed by atoms with Crippen molar-refractivity contribution in [3.8, 4) is 11.5 Å². The average Bonchev–Trinajstić information content (AvgIpc) is 2.93. The van der Waals surface area contributed by atoms with E-state index in [0.717, 1.165) is 38.5 Å². The van der Waals surface area contributed by atoms with Gasteiger partial charge in [0.1, 0.15) is 11.5 Å². The molecule has 6 rings (SSSR count). The van der Waals surface area contributed by atoms with Gasteiger partial charge in [-0.15, -0.1) is 0 Å². The molecule has 4 nitrogen and oxygen atoms in total. The van der Waals surface area contributed by atoms with E-state index < -0.39 is 5.97 Å². The first kappa shape index (κ1) is 22.4. The fourth-order valence-electron chi connectivity index (χ4n) is 4.68. The summed E-state index contributed by atoms with van der Waals surface area (Å²) in [5, 5.41) is 15.2. The Morgan fingerprint density at radius 3 is 2.19 bits per heavy atom. The van der Waals surface area contributed by atoms with E-state index in [-0.39, 0.29) is 5.56 Å². The van der Waals surface area contributed by atoms with Crippen LogP contribution >= 0.6 is 0 Å². The van der Waals surface area contributed by atoms with Crippen LogP contribution in [0.2, 0.25) is 0 Å². The lowest BCUT2D eigenvalue weighted by Gasteiger charge is -2.23. The zero-order chi connectivity index (χ0) is 25.2. The molecule has 178 valence electrons. The molecular formula is C33H23NO3. The van der Waals surface area contributed by atoms with Crippen molar-refractivity contribution in [2.24, 2.45) is 0 Å². The van der Waals surface area contributed by atoms with Gasteiger partial charge in [0.25, 0.3) is 0 Å². The van der Waals surface area contributed by atoms with Crippen molar-refractivity contribution >= 4 is 29.0 Å². The molecule has 0 spiro atoms. The molecule has 0 amide bonds. The third kappa shape index (κ3) is 4.48. The highest BCUT2D eigenvalue weighted by molar-refractivity contribution is 5.98. The Morgan fingerprint density at radius 2 is 1.41 bits per heavy atom. The smallest absolute Gasteiger partial charge is 0.336 e. The minimum absolute atomic E-state index is 0.253. The molecule has 5 aromatic carbocycles. The second-order valence-electron chi connectivity index (χ2n) is 8.84. The van der Waals surface area contributed by atoms with Crippen LogP contribution in [0.5, 0.6) is 11.5 Å². The molecule has 4 heteroatoms. The predicted octanol–water partition coefficient (Wildman–Crippen LogP) is 6.31. The highest BCUT2D eigenvalue weighted by Crippen LogP contribution is 2.39. The molecule has 1 heterocycles. The van der Waals surface area contributed by atoms with Crippen molar-refractivity contribution in [2.75, 3.05) is 5.32 Å². The molecule has 5 aromatic rings. The normalized spacial score (nSPS) is 12.3. The maximum Gasteiger partial charge on any atom is 0.336 e. The fraction of sp³-hybridized carbons (Fsp3) is 0. The van der Waals surface area contributed by atoms with Crippen LogP contribution in [0.4, 0.5) is 11.4 Å². The van der Waals surface area contributed by atoms with E-state index in [9.17, 15) is 9.90 Å². The number of aromatic carboxylic acids is 1. The van der Waals surface area contributed by atoms with E-state index in [1.807, 2.05) is 97.1 Å². The van der Waals surface area contributed by atoms with Crippen molar-refractivity contribution in [1.82, 2.24) is 0 Å².